The second kappa shape index (κ2) is 13.0. The summed E-state index contributed by atoms with van der Waals surface area (Å²) < 4.78 is 11.1. The summed E-state index contributed by atoms with van der Waals surface area (Å²) in [6, 6.07) is 0.502. The summed E-state index contributed by atoms with van der Waals surface area (Å²) in [5, 5.41) is 6.79. The van der Waals surface area contributed by atoms with Gasteiger partial charge in [-0.15, -0.1) is 24.0 Å². The molecule has 1 aliphatic heterocycles. The number of hydrogen-bond acceptors (Lipinski definition) is 3. The summed E-state index contributed by atoms with van der Waals surface area (Å²) in [5.74, 6) is 1.62. The maximum atomic E-state index is 5.77. The number of aliphatic imine (C=N–C) groups is 1. The molecule has 1 fully saturated rings. The van der Waals surface area contributed by atoms with Gasteiger partial charge in [0.1, 0.15) is 0 Å². The average molecular weight is 437 g/mol. The van der Waals surface area contributed by atoms with Crippen LogP contribution >= 0.6 is 24.0 Å². The standard InChI is InChI=1S/C17H31N3O2.HI/c1-2-18-17(20-16-6-3-4-7-16)19-10-5-11-22-14-15-8-12-21-13-9-15;/h3-4,15-16H,2,5-14H2,1H3,(H2,18,19,20);1H. The molecule has 1 aliphatic carbocycles. The van der Waals surface area contributed by atoms with Gasteiger partial charge in [0.2, 0.25) is 0 Å². The van der Waals surface area contributed by atoms with Gasteiger partial charge in [-0.1, -0.05) is 12.2 Å². The molecule has 0 radical (unpaired) electrons. The van der Waals surface area contributed by atoms with Crippen molar-refractivity contribution in [1.82, 2.24) is 10.6 Å². The first-order valence-electron chi connectivity index (χ1n) is 8.73. The number of ether oxygens (including phenoxy) is 2. The molecule has 2 rings (SSSR count). The summed E-state index contributed by atoms with van der Waals surface area (Å²) in [7, 11) is 0. The van der Waals surface area contributed by atoms with E-state index in [4.69, 9.17) is 9.47 Å². The van der Waals surface area contributed by atoms with Gasteiger partial charge in [-0.05, 0) is 44.9 Å². The summed E-state index contributed by atoms with van der Waals surface area (Å²) in [5.41, 5.74) is 0. The first kappa shape index (κ1) is 20.7. The Hall–Kier alpha value is -0.340. The highest BCUT2D eigenvalue weighted by Crippen LogP contribution is 2.14. The second-order valence-electron chi connectivity index (χ2n) is 6.03. The Labute approximate surface area is 157 Å². The number of guanidine groups is 1. The summed E-state index contributed by atoms with van der Waals surface area (Å²) >= 11 is 0. The second-order valence-corrected chi connectivity index (χ2v) is 6.03. The van der Waals surface area contributed by atoms with Gasteiger partial charge in [-0.25, -0.2) is 0 Å². The van der Waals surface area contributed by atoms with Crippen LogP contribution in [-0.2, 0) is 9.47 Å². The summed E-state index contributed by atoms with van der Waals surface area (Å²) in [6.07, 6.45) is 9.90. The van der Waals surface area contributed by atoms with Crippen LogP contribution < -0.4 is 10.6 Å². The molecular weight excluding hydrogens is 405 g/mol. The lowest BCUT2D eigenvalue weighted by Gasteiger charge is -2.21. The Kier molecular flexibility index (Phi) is 11.7. The van der Waals surface area contributed by atoms with Crippen molar-refractivity contribution >= 4 is 29.9 Å². The van der Waals surface area contributed by atoms with Gasteiger partial charge in [-0.2, -0.15) is 0 Å². The molecule has 0 aromatic carbocycles. The highest BCUT2D eigenvalue weighted by molar-refractivity contribution is 14.0. The van der Waals surface area contributed by atoms with E-state index in [0.29, 0.717) is 12.0 Å². The van der Waals surface area contributed by atoms with Crippen LogP contribution in [0.4, 0.5) is 0 Å². The molecule has 2 N–H and O–H groups in total. The van der Waals surface area contributed by atoms with E-state index in [9.17, 15) is 0 Å². The fourth-order valence-electron chi connectivity index (χ4n) is 2.77. The first-order valence-corrected chi connectivity index (χ1v) is 8.73. The largest absolute Gasteiger partial charge is 0.381 e. The normalized spacial score (nSPS) is 19.6. The van der Waals surface area contributed by atoms with E-state index in [0.717, 1.165) is 77.6 Å². The quantitative estimate of drug-likeness (QED) is 0.202. The van der Waals surface area contributed by atoms with Gasteiger partial charge in [0.05, 0.1) is 0 Å². The van der Waals surface area contributed by atoms with E-state index in [2.05, 4.69) is 34.7 Å². The highest BCUT2D eigenvalue weighted by atomic mass is 127. The van der Waals surface area contributed by atoms with Crippen molar-refractivity contribution in [2.75, 3.05) is 39.5 Å². The van der Waals surface area contributed by atoms with Crippen molar-refractivity contribution in [2.24, 2.45) is 10.9 Å². The molecule has 0 aromatic heterocycles. The Morgan fingerprint density at radius 2 is 2.00 bits per heavy atom. The maximum Gasteiger partial charge on any atom is 0.191 e. The molecule has 0 unspecified atom stereocenters. The van der Waals surface area contributed by atoms with E-state index in [-0.39, 0.29) is 24.0 Å². The van der Waals surface area contributed by atoms with Crippen LogP contribution in [0.1, 0.15) is 39.0 Å². The number of nitrogens with one attached hydrogen (secondary N) is 2. The van der Waals surface area contributed by atoms with Gasteiger partial charge >= 0.3 is 0 Å². The van der Waals surface area contributed by atoms with Crippen LogP contribution in [0.25, 0.3) is 0 Å². The van der Waals surface area contributed by atoms with E-state index >= 15 is 0 Å². The van der Waals surface area contributed by atoms with Crippen LogP contribution in [0, 0.1) is 5.92 Å². The Morgan fingerprint density at radius 1 is 1.26 bits per heavy atom. The molecule has 0 atom stereocenters. The summed E-state index contributed by atoms with van der Waals surface area (Å²) in [6.45, 7) is 7.26. The van der Waals surface area contributed by atoms with Crippen molar-refractivity contribution in [3.63, 3.8) is 0 Å². The van der Waals surface area contributed by atoms with Crippen molar-refractivity contribution in [3.8, 4) is 0 Å². The zero-order chi connectivity index (χ0) is 15.5. The number of hydrogen-bond donors (Lipinski definition) is 2. The monoisotopic (exact) mass is 437 g/mol. The predicted octanol–water partition coefficient (Wildman–Crippen LogP) is 2.71. The Balaban J connectivity index is 0.00000264. The molecule has 0 bridgehead atoms. The molecule has 2 aliphatic rings. The average Bonchev–Trinajstić information content (AvgIpc) is 3.05. The third kappa shape index (κ3) is 8.91. The van der Waals surface area contributed by atoms with Crippen molar-refractivity contribution in [1.29, 1.82) is 0 Å². The molecule has 0 saturated carbocycles. The molecule has 134 valence electrons. The molecule has 0 spiro atoms. The third-order valence-corrected chi connectivity index (χ3v) is 4.10. The Bertz CT molecular complexity index is 350. The van der Waals surface area contributed by atoms with Gasteiger partial charge in [0, 0.05) is 45.6 Å². The number of halogens is 1. The minimum Gasteiger partial charge on any atom is -0.381 e. The lowest BCUT2D eigenvalue weighted by atomic mass is 10.0. The predicted molar refractivity (Wildman–Crippen MR) is 106 cm³/mol. The van der Waals surface area contributed by atoms with Crippen LogP contribution in [-0.4, -0.2) is 51.5 Å². The smallest absolute Gasteiger partial charge is 0.191 e. The molecular formula is C17H32IN3O2. The van der Waals surface area contributed by atoms with Crippen LogP contribution in [0.5, 0.6) is 0 Å². The minimum atomic E-state index is 0. The first-order chi connectivity index (χ1) is 10.9. The molecule has 6 heteroatoms. The van der Waals surface area contributed by atoms with Crippen molar-refractivity contribution in [3.05, 3.63) is 12.2 Å². The zero-order valence-corrected chi connectivity index (χ0v) is 16.6. The Morgan fingerprint density at radius 3 is 2.70 bits per heavy atom. The van der Waals surface area contributed by atoms with Crippen LogP contribution in [0.2, 0.25) is 0 Å². The maximum absolute atomic E-state index is 5.77. The van der Waals surface area contributed by atoms with Gasteiger partial charge in [0.15, 0.2) is 5.96 Å². The van der Waals surface area contributed by atoms with Gasteiger partial charge < -0.3 is 20.1 Å². The van der Waals surface area contributed by atoms with E-state index in [1.165, 1.54) is 0 Å². The molecule has 1 heterocycles. The van der Waals surface area contributed by atoms with Crippen molar-refractivity contribution < 1.29 is 9.47 Å². The molecule has 0 aromatic rings. The van der Waals surface area contributed by atoms with Crippen LogP contribution in [0.3, 0.4) is 0 Å². The number of rotatable bonds is 8. The molecule has 23 heavy (non-hydrogen) atoms. The fraction of sp³-hybridized carbons (Fsp3) is 0.824. The third-order valence-electron chi connectivity index (χ3n) is 4.10. The van der Waals surface area contributed by atoms with E-state index < -0.39 is 0 Å². The van der Waals surface area contributed by atoms with Gasteiger partial charge in [-0.3, -0.25) is 4.99 Å². The molecule has 0 amide bonds. The fourth-order valence-corrected chi connectivity index (χ4v) is 2.77. The topological polar surface area (TPSA) is 54.9 Å². The molecule has 1 saturated heterocycles. The minimum absolute atomic E-state index is 0. The van der Waals surface area contributed by atoms with E-state index in [1.54, 1.807) is 0 Å². The SMILES string of the molecule is CCNC(=NCCCOCC1CCOCC1)NC1CC=CC1.I. The number of nitrogens with zero attached hydrogens (tertiary/aromatic N) is 1. The van der Waals surface area contributed by atoms with Gasteiger partial charge in [0.25, 0.3) is 0 Å². The summed E-state index contributed by atoms with van der Waals surface area (Å²) in [4.78, 5) is 4.63. The van der Waals surface area contributed by atoms with Crippen molar-refractivity contribution in [2.45, 2.75) is 45.1 Å². The lowest BCUT2D eigenvalue weighted by Crippen LogP contribution is -2.42. The van der Waals surface area contributed by atoms with E-state index in [1.807, 2.05) is 0 Å². The van der Waals surface area contributed by atoms with Crippen LogP contribution in [0.15, 0.2) is 17.1 Å². The zero-order valence-electron chi connectivity index (χ0n) is 14.3. The highest BCUT2D eigenvalue weighted by Gasteiger charge is 2.13. The lowest BCUT2D eigenvalue weighted by molar-refractivity contribution is 0.0205. The molecule has 5 nitrogen and oxygen atoms in total.